The first kappa shape index (κ1) is 11.8. The molecule has 0 bridgehead atoms. The fourth-order valence-corrected chi connectivity index (χ4v) is 2.65. The van der Waals surface area contributed by atoms with Gasteiger partial charge in [-0.15, -0.1) is 0 Å². The first-order valence-corrected chi connectivity index (χ1v) is 6.18. The Morgan fingerprint density at radius 1 is 1.37 bits per heavy atom. The Morgan fingerprint density at radius 3 is 2.84 bits per heavy atom. The third-order valence-electron chi connectivity index (χ3n) is 3.67. The molecule has 5 nitrogen and oxygen atoms in total. The minimum absolute atomic E-state index is 0.106. The number of nitrogens with zero attached hydrogens (tertiary/aromatic N) is 1. The number of amides is 2. The first-order valence-electron chi connectivity index (χ1n) is 6.18. The summed E-state index contributed by atoms with van der Waals surface area (Å²) in [4.78, 5) is 25.8. The topological polar surface area (TPSA) is 69.6 Å². The van der Waals surface area contributed by atoms with Crippen LogP contribution in [0.1, 0.15) is 28.8 Å². The van der Waals surface area contributed by atoms with E-state index < -0.39 is 6.04 Å². The number of benzene rings is 1. The van der Waals surface area contributed by atoms with Crippen LogP contribution in [0.5, 0.6) is 5.75 Å². The van der Waals surface area contributed by atoms with E-state index >= 15 is 0 Å². The summed E-state index contributed by atoms with van der Waals surface area (Å²) in [6, 6.07) is 4.39. The number of rotatable bonds is 1. The summed E-state index contributed by atoms with van der Waals surface area (Å²) >= 11 is 0. The lowest BCUT2D eigenvalue weighted by Crippen LogP contribution is -2.49. The first-order chi connectivity index (χ1) is 9.08. The SMILES string of the molecule is C=C1CCC(N2Cc3c(O)cccc3C2=O)C(=O)N1. The van der Waals surface area contributed by atoms with E-state index in [2.05, 4.69) is 11.9 Å². The molecule has 3 rings (SSSR count). The number of aromatic hydroxyl groups is 1. The van der Waals surface area contributed by atoms with Crippen molar-refractivity contribution in [1.29, 1.82) is 0 Å². The number of phenols is 1. The van der Waals surface area contributed by atoms with Crippen molar-refractivity contribution in [3.63, 3.8) is 0 Å². The van der Waals surface area contributed by atoms with Crippen molar-refractivity contribution in [3.8, 4) is 5.75 Å². The molecule has 1 saturated heterocycles. The zero-order chi connectivity index (χ0) is 13.6. The zero-order valence-electron chi connectivity index (χ0n) is 10.3. The van der Waals surface area contributed by atoms with E-state index in [-0.39, 0.29) is 24.1 Å². The van der Waals surface area contributed by atoms with E-state index in [1.807, 2.05) is 0 Å². The predicted octanol–water partition coefficient (Wildman–Crippen LogP) is 1.14. The van der Waals surface area contributed by atoms with Crippen LogP contribution >= 0.6 is 0 Å². The van der Waals surface area contributed by atoms with Gasteiger partial charge in [0.05, 0.1) is 6.54 Å². The van der Waals surface area contributed by atoms with E-state index in [0.29, 0.717) is 29.7 Å². The zero-order valence-corrected chi connectivity index (χ0v) is 10.3. The summed E-state index contributed by atoms with van der Waals surface area (Å²) in [5.74, 6) is -0.288. The van der Waals surface area contributed by atoms with Gasteiger partial charge >= 0.3 is 0 Å². The normalized spacial score (nSPS) is 22.4. The highest BCUT2D eigenvalue weighted by molar-refractivity contribution is 6.02. The number of carbonyl (C=O) groups excluding carboxylic acids is 2. The minimum Gasteiger partial charge on any atom is -0.508 e. The molecule has 2 amide bonds. The summed E-state index contributed by atoms with van der Waals surface area (Å²) in [7, 11) is 0. The van der Waals surface area contributed by atoms with E-state index in [4.69, 9.17) is 0 Å². The number of fused-ring (bicyclic) bond motifs is 1. The summed E-state index contributed by atoms with van der Waals surface area (Å²) in [6.45, 7) is 4.01. The Labute approximate surface area is 110 Å². The van der Waals surface area contributed by atoms with Crippen LogP contribution in [-0.4, -0.2) is 27.9 Å². The van der Waals surface area contributed by atoms with Crippen LogP contribution in [0.25, 0.3) is 0 Å². The lowest BCUT2D eigenvalue weighted by molar-refractivity contribution is -0.126. The monoisotopic (exact) mass is 258 g/mol. The number of phenolic OH excluding ortho intramolecular Hbond substituents is 1. The van der Waals surface area contributed by atoms with Crippen molar-refractivity contribution in [2.24, 2.45) is 0 Å². The van der Waals surface area contributed by atoms with Crippen LogP contribution in [0.4, 0.5) is 0 Å². The summed E-state index contributed by atoms with van der Waals surface area (Å²) in [5, 5.41) is 12.5. The fraction of sp³-hybridized carbons (Fsp3) is 0.286. The van der Waals surface area contributed by atoms with Gasteiger partial charge in [-0.05, 0) is 25.0 Å². The predicted molar refractivity (Wildman–Crippen MR) is 68.3 cm³/mol. The third kappa shape index (κ3) is 1.78. The maximum atomic E-state index is 12.3. The van der Waals surface area contributed by atoms with E-state index in [9.17, 15) is 14.7 Å². The highest BCUT2D eigenvalue weighted by atomic mass is 16.3. The largest absolute Gasteiger partial charge is 0.508 e. The van der Waals surface area contributed by atoms with Crippen molar-refractivity contribution in [2.75, 3.05) is 0 Å². The molecule has 19 heavy (non-hydrogen) atoms. The molecule has 2 heterocycles. The lowest BCUT2D eigenvalue weighted by Gasteiger charge is -2.30. The average molecular weight is 258 g/mol. The minimum atomic E-state index is -0.482. The van der Waals surface area contributed by atoms with Gasteiger partial charge in [-0.25, -0.2) is 0 Å². The standard InChI is InChI=1S/C14H14N2O3/c1-8-5-6-11(13(18)15-8)16-7-10-9(14(16)19)3-2-4-12(10)17/h2-4,11,17H,1,5-7H2,(H,15,18). The van der Waals surface area contributed by atoms with Crippen LogP contribution in [-0.2, 0) is 11.3 Å². The molecule has 1 atom stereocenters. The van der Waals surface area contributed by atoms with Gasteiger partial charge in [0.2, 0.25) is 5.91 Å². The van der Waals surface area contributed by atoms with Crippen LogP contribution < -0.4 is 5.32 Å². The van der Waals surface area contributed by atoms with Gasteiger partial charge in [-0.3, -0.25) is 9.59 Å². The Kier molecular flexibility index (Phi) is 2.55. The second kappa shape index (κ2) is 4.12. The van der Waals surface area contributed by atoms with E-state index in [1.165, 1.54) is 4.90 Å². The van der Waals surface area contributed by atoms with Gasteiger partial charge in [0.25, 0.3) is 5.91 Å². The van der Waals surface area contributed by atoms with Crippen LogP contribution in [0.2, 0.25) is 0 Å². The third-order valence-corrected chi connectivity index (χ3v) is 3.67. The second-order valence-corrected chi connectivity index (χ2v) is 4.88. The number of hydrogen-bond acceptors (Lipinski definition) is 3. The molecule has 1 aromatic rings. The van der Waals surface area contributed by atoms with Gasteiger partial charge in [0, 0.05) is 16.8 Å². The molecule has 5 heteroatoms. The Hall–Kier alpha value is -2.30. The summed E-state index contributed by atoms with van der Waals surface area (Å²) in [6.07, 6.45) is 1.24. The average Bonchev–Trinajstić information content (AvgIpc) is 2.69. The molecule has 0 aliphatic carbocycles. The molecule has 2 aliphatic heterocycles. The van der Waals surface area contributed by atoms with Crippen LogP contribution in [0.15, 0.2) is 30.5 Å². The summed E-state index contributed by atoms with van der Waals surface area (Å²) in [5.41, 5.74) is 1.77. The molecule has 1 aromatic carbocycles. The van der Waals surface area contributed by atoms with E-state index in [1.54, 1.807) is 18.2 Å². The number of hydrogen-bond donors (Lipinski definition) is 2. The van der Waals surface area contributed by atoms with Gasteiger partial charge in [-0.1, -0.05) is 12.6 Å². The Balaban J connectivity index is 1.90. The molecule has 0 aromatic heterocycles. The van der Waals surface area contributed by atoms with Gasteiger partial charge in [0.1, 0.15) is 11.8 Å². The summed E-state index contributed by atoms with van der Waals surface area (Å²) < 4.78 is 0. The van der Waals surface area contributed by atoms with Crippen molar-refractivity contribution >= 4 is 11.8 Å². The molecule has 0 radical (unpaired) electrons. The fourth-order valence-electron chi connectivity index (χ4n) is 2.65. The van der Waals surface area contributed by atoms with E-state index in [0.717, 1.165) is 0 Å². The molecule has 98 valence electrons. The molecule has 2 aliphatic rings. The molecular weight excluding hydrogens is 244 g/mol. The molecule has 1 unspecified atom stereocenters. The Bertz CT molecular complexity index is 594. The van der Waals surface area contributed by atoms with Crippen LogP contribution in [0, 0.1) is 0 Å². The van der Waals surface area contributed by atoms with Crippen molar-refractivity contribution < 1.29 is 14.7 Å². The molecule has 1 fully saturated rings. The quantitative estimate of drug-likeness (QED) is 0.793. The molecule has 0 saturated carbocycles. The number of carbonyl (C=O) groups is 2. The van der Waals surface area contributed by atoms with Gasteiger partial charge < -0.3 is 15.3 Å². The smallest absolute Gasteiger partial charge is 0.255 e. The lowest BCUT2D eigenvalue weighted by atomic mass is 10.0. The molecule has 0 spiro atoms. The van der Waals surface area contributed by atoms with Crippen molar-refractivity contribution in [3.05, 3.63) is 41.6 Å². The highest BCUT2D eigenvalue weighted by Crippen LogP contribution is 2.32. The van der Waals surface area contributed by atoms with Gasteiger partial charge in [0.15, 0.2) is 0 Å². The maximum absolute atomic E-state index is 12.3. The van der Waals surface area contributed by atoms with Crippen molar-refractivity contribution in [2.45, 2.75) is 25.4 Å². The van der Waals surface area contributed by atoms with Crippen LogP contribution in [0.3, 0.4) is 0 Å². The molecule has 2 N–H and O–H groups in total. The van der Waals surface area contributed by atoms with Crippen molar-refractivity contribution in [1.82, 2.24) is 10.2 Å². The number of allylic oxidation sites excluding steroid dienone is 1. The second-order valence-electron chi connectivity index (χ2n) is 4.88. The Morgan fingerprint density at radius 2 is 2.16 bits per heavy atom. The number of piperidine rings is 1. The number of nitrogens with one attached hydrogen (secondary N) is 1. The molecular formula is C14H14N2O3. The van der Waals surface area contributed by atoms with Gasteiger partial charge in [-0.2, -0.15) is 0 Å². The highest BCUT2D eigenvalue weighted by Gasteiger charge is 2.38. The maximum Gasteiger partial charge on any atom is 0.255 e.